The van der Waals surface area contributed by atoms with Gasteiger partial charge in [0.05, 0.1) is 45.0 Å². The fourth-order valence-corrected chi connectivity index (χ4v) is 4.07. The number of nitroso groups, excluding NO2 is 1. The first-order chi connectivity index (χ1) is 15.0. The Kier molecular flexibility index (Phi) is 6.96. The largest absolute Gasteiger partial charge is 0.493 e. The summed E-state index contributed by atoms with van der Waals surface area (Å²) >= 11 is 0. The van der Waals surface area contributed by atoms with Crippen LogP contribution >= 0.6 is 0 Å². The van der Waals surface area contributed by atoms with Crippen molar-refractivity contribution in [3.05, 3.63) is 50.5 Å². The second kappa shape index (κ2) is 9.65. The van der Waals surface area contributed by atoms with Gasteiger partial charge in [-0.1, -0.05) is 6.07 Å². The van der Waals surface area contributed by atoms with E-state index in [4.69, 9.17) is 19.3 Å². The number of methoxy groups -OCH3 is 3. The molecule has 31 heavy (non-hydrogen) atoms. The summed E-state index contributed by atoms with van der Waals surface area (Å²) < 4.78 is 16.8. The first-order valence-electron chi connectivity index (χ1n) is 9.91. The number of nitrogens with zero attached hydrogens (tertiary/aromatic N) is 2. The first-order valence-corrected chi connectivity index (χ1v) is 9.91. The number of hydrogen-bond acceptors (Lipinski definition) is 8. The monoisotopic (exact) mass is 429 g/mol. The summed E-state index contributed by atoms with van der Waals surface area (Å²) in [6.45, 7) is 0.139. The molecule has 0 unspecified atom stereocenters. The van der Waals surface area contributed by atoms with E-state index >= 15 is 0 Å². The second-order valence-electron chi connectivity index (χ2n) is 7.16. The summed E-state index contributed by atoms with van der Waals surface area (Å²) in [6.07, 6.45) is 1.17. The molecule has 0 saturated carbocycles. The van der Waals surface area contributed by atoms with E-state index < -0.39 is 6.04 Å². The van der Waals surface area contributed by atoms with Gasteiger partial charge in [-0.25, -0.2) is 0 Å². The number of aliphatic hydroxyl groups is 1. The van der Waals surface area contributed by atoms with Crippen molar-refractivity contribution in [3.63, 3.8) is 0 Å². The topological polar surface area (TPSA) is 110 Å². The lowest BCUT2D eigenvalue weighted by Crippen LogP contribution is -2.20. The molecule has 0 bridgehead atoms. The molecular formula is C22H27N3O6. The molecule has 2 aromatic rings. The Morgan fingerprint density at radius 3 is 2.52 bits per heavy atom. The van der Waals surface area contributed by atoms with Gasteiger partial charge in [-0.2, -0.15) is 0 Å². The lowest BCUT2D eigenvalue weighted by Gasteiger charge is -2.22. The molecule has 0 fully saturated rings. The quantitative estimate of drug-likeness (QED) is 0.487. The SMILES string of the molecule is COc1cc2c(c(OC)c1OC)-c1ccc(NCCO)c(=O)cc1[C@H](N(C)N=O)CC2. The van der Waals surface area contributed by atoms with Gasteiger partial charge < -0.3 is 24.6 Å². The summed E-state index contributed by atoms with van der Waals surface area (Å²) in [5.74, 6) is 1.47. The average molecular weight is 429 g/mol. The predicted molar refractivity (Wildman–Crippen MR) is 118 cm³/mol. The van der Waals surface area contributed by atoms with Crippen molar-refractivity contribution < 1.29 is 19.3 Å². The van der Waals surface area contributed by atoms with E-state index in [2.05, 4.69) is 10.6 Å². The molecule has 0 aromatic heterocycles. The van der Waals surface area contributed by atoms with Crippen LogP contribution in [0.15, 0.2) is 34.3 Å². The van der Waals surface area contributed by atoms with Crippen molar-refractivity contribution in [2.75, 3.05) is 46.8 Å². The summed E-state index contributed by atoms with van der Waals surface area (Å²) in [4.78, 5) is 24.3. The van der Waals surface area contributed by atoms with E-state index in [0.29, 0.717) is 41.3 Å². The van der Waals surface area contributed by atoms with Gasteiger partial charge in [0.1, 0.15) is 0 Å². The number of benzene rings is 1. The van der Waals surface area contributed by atoms with Gasteiger partial charge in [0, 0.05) is 19.2 Å². The Morgan fingerprint density at radius 2 is 1.90 bits per heavy atom. The van der Waals surface area contributed by atoms with Crippen LogP contribution in [0.25, 0.3) is 11.1 Å². The third-order valence-electron chi connectivity index (χ3n) is 5.51. The number of ether oxygens (including phenoxy) is 3. The van der Waals surface area contributed by atoms with Crippen LogP contribution in [0, 0.1) is 4.91 Å². The molecule has 166 valence electrons. The van der Waals surface area contributed by atoms with Gasteiger partial charge in [-0.05, 0) is 47.7 Å². The van der Waals surface area contributed by atoms with Crippen molar-refractivity contribution in [1.82, 2.24) is 5.01 Å². The zero-order chi connectivity index (χ0) is 22.5. The Hall–Kier alpha value is -3.33. The molecule has 9 nitrogen and oxygen atoms in total. The smallest absolute Gasteiger partial charge is 0.203 e. The highest BCUT2D eigenvalue weighted by molar-refractivity contribution is 5.83. The van der Waals surface area contributed by atoms with Gasteiger partial charge in [0.15, 0.2) is 11.5 Å². The summed E-state index contributed by atoms with van der Waals surface area (Å²) in [7, 11) is 6.24. The summed E-state index contributed by atoms with van der Waals surface area (Å²) in [6, 6.07) is 6.50. The minimum atomic E-state index is -0.410. The number of fused-ring (bicyclic) bond motifs is 3. The average Bonchev–Trinajstić information content (AvgIpc) is 3.03. The Morgan fingerprint density at radius 1 is 1.16 bits per heavy atom. The Labute approximate surface area is 180 Å². The highest BCUT2D eigenvalue weighted by atomic mass is 16.5. The molecule has 0 radical (unpaired) electrons. The highest BCUT2D eigenvalue weighted by Gasteiger charge is 2.30. The van der Waals surface area contributed by atoms with Crippen LogP contribution in [0.2, 0.25) is 0 Å². The second-order valence-corrected chi connectivity index (χ2v) is 7.16. The molecule has 1 atom stereocenters. The molecule has 1 aliphatic carbocycles. The minimum Gasteiger partial charge on any atom is -0.493 e. The van der Waals surface area contributed by atoms with E-state index in [1.54, 1.807) is 27.3 Å². The Bertz CT molecular complexity index is 1030. The van der Waals surface area contributed by atoms with E-state index in [-0.39, 0.29) is 18.6 Å². The van der Waals surface area contributed by atoms with Crippen LogP contribution in [0.3, 0.4) is 0 Å². The summed E-state index contributed by atoms with van der Waals surface area (Å²) in [5.41, 5.74) is 3.22. The summed E-state index contributed by atoms with van der Waals surface area (Å²) in [5, 5.41) is 16.5. The van der Waals surface area contributed by atoms with Crippen LogP contribution in [-0.2, 0) is 6.42 Å². The maximum absolute atomic E-state index is 12.9. The van der Waals surface area contributed by atoms with Crippen LogP contribution in [0.4, 0.5) is 5.69 Å². The van der Waals surface area contributed by atoms with Gasteiger partial charge in [-0.15, -0.1) is 4.91 Å². The molecule has 0 heterocycles. The third kappa shape index (κ3) is 4.13. The van der Waals surface area contributed by atoms with Crippen molar-refractivity contribution in [2.45, 2.75) is 18.9 Å². The zero-order valence-corrected chi connectivity index (χ0v) is 18.1. The lowest BCUT2D eigenvalue weighted by atomic mass is 9.95. The first kappa shape index (κ1) is 22.4. The zero-order valence-electron chi connectivity index (χ0n) is 18.1. The Balaban J connectivity index is 2.39. The van der Waals surface area contributed by atoms with Crippen LogP contribution in [0.5, 0.6) is 17.2 Å². The lowest BCUT2D eigenvalue weighted by molar-refractivity contribution is 0.242. The van der Waals surface area contributed by atoms with Gasteiger partial charge >= 0.3 is 0 Å². The number of rotatable bonds is 8. The number of anilines is 1. The van der Waals surface area contributed by atoms with Gasteiger partial charge in [0.25, 0.3) is 0 Å². The molecule has 9 heteroatoms. The van der Waals surface area contributed by atoms with Crippen molar-refractivity contribution in [2.24, 2.45) is 5.29 Å². The van der Waals surface area contributed by atoms with Crippen LogP contribution in [0.1, 0.15) is 23.6 Å². The van der Waals surface area contributed by atoms with Gasteiger partial charge in [0.2, 0.25) is 11.2 Å². The van der Waals surface area contributed by atoms with E-state index in [1.165, 1.54) is 18.2 Å². The molecule has 3 rings (SSSR count). The fraction of sp³-hybridized carbons (Fsp3) is 0.409. The molecule has 0 saturated heterocycles. The predicted octanol–water partition coefficient (Wildman–Crippen LogP) is 2.74. The molecule has 0 amide bonds. The standard InChI is InChI=1S/C22H27N3O6/c1-25(24-28)17-8-5-13-11-19(29-2)21(30-3)22(31-4)20(13)14-6-7-16(23-9-10-26)18(27)12-15(14)17/h6-7,11-12,17,26H,5,8-10H2,1-4H3,(H,23,27)/t17-/m1/s1. The van der Waals surface area contributed by atoms with E-state index in [9.17, 15) is 9.70 Å². The molecule has 1 aliphatic rings. The third-order valence-corrected chi connectivity index (χ3v) is 5.51. The number of nitrogens with one attached hydrogen (secondary N) is 1. The minimum absolute atomic E-state index is 0.105. The maximum Gasteiger partial charge on any atom is 0.203 e. The van der Waals surface area contributed by atoms with Crippen molar-refractivity contribution in [1.29, 1.82) is 0 Å². The number of hydrogen-bond donors (Lipinski definition) is 2. The van der Waals surface area contributed by atoms with Gasteiger partial charge in [-0.3, -0.25) is 9.80 Å². The molecular weight excluding hydrogens is 402 g/mol. The number of aliphatic hydroxyl groups excluding tert-OH is 1. The molecule has 0 spiro atoms. The molecule has 2 N–H and O–H groups in total. The normalized spacial score (nSPS) is 14.5. The maximum atomic E-state index is 12.9. The highest BCUT2D eigenvalue weighted by Crippen LogP contribution is 2.50. The fourth-order valence-electron chi connectivity index (χ4n) is 4.07. The van der Waals surface area contributed by atoms with Crippen molar-refractivity contribution in [3.8, 4) is 28.4 Å². The van der Waals surface area contributed by atoms with Crippen molar-refractivity contribution >= 4 is 5.69 Å². The molecule has 2 aromatic carbocycles. The molecule has 0 aliphatic heterocycles. The van der Waals surface area contributed by atoms with E-state index in [1.807, 2.05) is 12.1 Å². The van der Waals surface area contributed by atoms with Crippen LogP contribution < -0.4 is 25.0 Å². The van der Waals surface area contributed by atoms with Crippen LogP contribution in [-0.4, -0.2) is 51.6 Å². The number of aryl methyl sites for hydroxylation is 1. The van der Waals surface area contributed by atoms with E-state index in [0.717, 1.165) is 16.7 Å².